The second-order valence-electron chi connectivity index (χ2n) is 8.37. The zero-order chi connectivity index (χ0) is 18.9. The summed E-state index contributed by atoms with van der Waals surface area (Å²) in [6.45, 7) is 8.97. The maximum Gasteiger partial charge on any atom is 0.222 e. The van der Waals surface area contributed by atoms with E-state index in [1.165, 1.54) is 11.3 Å². The normalized spacial score (nSPS) is 23.1. The molecule has 0 bridgehead atoms. The van der Waals surface area contributed by atoms with Crippen LogP contribution in [0, 0.1) is 25.2 Å². The SMILES string of the molecule is COCC1CN(C)CC12CCN(C(=O)CCc1c(C)nn(C)c1C)CC2. The molecule has 26 heavy (non-hydrogen) atoms. The van der Waals surface area contributed by atoms with Crippen LogP contribution in [-0.4, -0.2) is 72.4 Å². The Hall–Kier alpha value is -1.40. The highest BCUT2D eigenvalue weighted by Crippen LogP contribution is 2.44. The Bertz CT molecular complexity index is 646. The fourth-order valence-corrected chi connectivity index (χ4v) is 5.07. The van der Waals surface area contributed by atoms with Crippen LogP contribution in [0.4, 0.5) is 0 Å². The minimum Gasteiger partial charge on any atom is -0.384 e. The Kier molecular flexibility index (Phi) is 5.72. The number of rotatable bonds is 5. The molecule has 6 heteroatoms. The average Bonchev–Trinajstić information content (AvgIpc) is 3.03. The maximum absolute atomic E-state index is 12.7. The van der Waals surface area contributed by atoms with Crippen molar-refractivity contribution in [3.63, 3.8) is 0 Å². The molecule has 3 rings (SSSR count). The number of aromatic nitrogens is 2. The van der Waals surface area contributed by atoms with Gasteiger partial charge in [-0.1, -0.05) is 0 Å². The second-order valence-corrected chi connectivity index (χ2v) is 8.37. The van der Waals surface area contributed by atoms with E-state index < -0.39 is 0 Å². The van der Waals surface area contributed by atoms with Gasteiger partial charge in [0.2, 0.25) is 5.91 Å². The van der Waals surface area contributed by atoms with Crippen LogP contribution in [0.5, 0.6) is 0 Å². The summed E-state index contributed by atoms with van der Waals surface area (Å²) in [6.07, 6.45) is 3.58. The topological polar surface area (TPSA) is 50.6 Å². The van der Waals surface area contributed by atoms with Crippen LogP contribution in [0.25, 0.3) is 0 Å². The van der Waals surface area contributed by atoms with Crippen molar-refractivity contribution in [3.05, 3.63) is 17.0 Å². The zero-order valence-corrected chi connectivity index (χ0v) is 17.0. The number of amides is 1. The van der Waals surface area contributed by atoms with E-state index in [1.807, 2.05) is 18.7 Å². The first kappa shape index (κ1) is 19.4. The summed E-state index contributed by atoms with van der Waals surface area (Å²) in [7, 11) is 5.97. The summed E-state index contributed by atoms with van der Waals surface area (Å²) in [5.74, 6) is 0.882. The number of piperidine rings is 1. The molecule has 1 unspecified atom stereocenters. The first-order valence-corrected chi connectivity index (χ1v) is 9.80. The van der Waals surface area contributed by atoms with Crippen LogP contribution in [0.15, 0.2) is 0 Å². The van der Waals surface area contributed by atoms with Gasteiger partial charge in [-0.25, -0.2) is 0 Å². The maximum atomic E-state index is 12.7. The third-order valence-electron chi connectivity index (χ3n) is 6.71. The van der Waals surface area contributed by atoms with Gasteiger partial charge in [0.15, 0.2) is 0 Å². The summed E-state index contributed by atoms with van der Waals surface area (Å²) in [5.41, 5.74) is 3.78. The van der Waals surface area contributed by atoms with E-state index in [0.717, 1.165) is 57.7 Å². The lowest BCUT2D eigenvalue weighted by atomic mass is 9.71. The van der Waals surface area contributed by atoms with E-state index in [4.69, 9.17) is 4.74 Å². The van der Waals surface area contributed by atoms with Crippen molar-refractivity contribution in [2.45, 2.75) is 39.5 Å². The number of aryl methyl sites for hydroxylation is 2. The number of likely N-dealkylation sites (tertiary alicyclic amines) is 2. The van der Waals surface area contributed by atoms with Crippen molar-refractivity contribution >= 4 is 5.91 Å². The first-order valence-electron chi connectivity index (χ1n) is 9.80. The van der Waals surface area contributed by atoms with E-state index in [0.29, 0.717) is 17.8 Å². The molecule has 2 fully saturated rings. The number of ether oxygens (including phenoxy) is 1. The van der Waals surface area contributed by atoms with Crippen LogP contribution in [0.2, 0.25) is 0 Å². The highest BCUT2D eigenvalue weighted by Gasteiger charge is 2.47. The molecule has 1 aromatic heterocycles. The molecule has 0 radical (unpaired) electrons. The molecule has 2 saturated heterocycles. The van der Waals surface area contributed by atoms with Gasteiger partial charge in [0, 0.05) is 58.4 Å². The Balaban J connectivity index is 1.55. The third kappa shape index (κ3) is 3.67. The second kappa shape index (κ2) is 7.69. The highest BCUT2D eigenvalue weighted by molar-refractivity contribution is 5.76. The fourth-order valence-electron chi connectivity index (χ4n) is 5.07. The van der Waals surface area contributed by atoms with Crippen molar-refractivity contribution in [1.82, 2.24) is 19.6 Å². The average molecular weight is 363 g/mol. The summed E-state index contributed by atoms with van der Waals surface area (Å²) in [6, 6.07) is 0. The van der Waals surface area contributed by atoms with Gasteiger partial charge in [0.05, 0.1) is 12.3 Å². The van der Waals surface area contributed by atoms with E-state index >= 15 is 0 Å². The van der Waals surface area contributed by atoms with Gasteiger partial charge in [-0.3, -0.25) is 9.48 Å². The predicted octanol–water partition coefficient (Wildman–Crippen LogP) is 1.79. The molecule has 0 saturated carbocycles. The van der Waals surface area contributed by atoms with Crippen molar-refractivity contribution in [2.75, 3.05) is 46.9 Å². The summed E-state index contributed by atoms with van der Waals surface area (Å²) < 4.78 is 7.38. The van der Waals surface area contributed by atoms with E-state index in [2.05, 4.69) is 28.9 Å². The lowest BCUT2D eigenvalue weighted by Gasteiger charge is -2.42. The molecule has 0 aromatic carbocycles. The van der Waals surface area contributed by atoms with Crippen LogP contribution in [0.1, 0.15) is 36.2 Å². The van der Waals surface area contributed by atoms with Crippen LogP contribution < -0.4 is 0 Å². The lowest BCUT2D eigenvalue weighted by molar-refractivity contribution is -0.134. The number of hydrogen-bond donors (Lipinski definition) is 0. The van der Waals surface area contributed by atoms with Crippen LogP contribution in [-0.2, 0) is 23.0 Å². The molecule has 146 valence electrons. The Morgan fingerprint density at radius 3 is 2.54 bits per heavy atom. The van der Waals surface area contributed by atoms with Gasteiger partial charge in [-0.15, -0.1) is 0 Å². The standard InChI is InChI=1S/C20H34N4O2/c1-15-18(16(2)23(4)21-15)6-7-19(25)24-10-8-20(9-11-24)14-22(3)12-17(20)13-26-5/h17H,6-14H2,1-5H3. The minimum atomic E-state index is 0.289. The Morgan fingerprint density at radius 2 is 1.96 bits per heavy atom. The van der Waals surface area contributed by atoms with Crippen molar-refractivity contribution in [2.24, 2.45) is 18.4 Å². The molecule has 2 aliphatic rings. The lowest BCUT2D eigenvalue weighted by Crippen LogP contribution is -2.47. The summed E-state index contributed by atoms with van der Waals surface area (Å²) >= 11 is 0. The molecule has 3 heterocycles. The summed E-state index contributed by atoms with van der Waals surface area (Å²) in [5, 5.41) is 4.46. The highest BCUT2D eigenvalue weighted by atomic mass is 16.5. The monoisotopic (exact) mass is 362 g/mol. The summed E-state index contributed by atoms with van der Waals surface area (Å²) in [4.78, 5) is 17.2. The molecule has 1 atom stereocenters. The van der Waals surface area contributed by atoms with Gasteiger partial charge in [-0.05, 0) is 51.1 Å². The molecule has 1 spiro atoms. The molecule has 0 N–H and O–H groups in total. The first-order chi connectivity index (χ1) is 12.4. The van der Waals surface area contributed by atoms with Gasteiger partial charge >= 0.3 is 0 Å². The Labute approximate surface area is 157 Å². The zero-order valence-electron chi connectivity index (χ0n) is 17.0. The smallest absolute Gasteiger partial charge is 0.222 e. The molecular weight excluding hydrogens is 328 g/mol. The molecule has 1 amide bonds. The molecule has 0 aliphatic carbocycles. The van der Waals surface area contributed by atoms with Crippen LogP contribution >= 0.6 is 0 Å². The number of carbonyl (C=O) groups excluding carboxylic acids is 1. The molecule has 6 nitrogen and oxygen atoms in total. The number of methoxy groups -OCH3 is 1. The van der Waals surface area contributed by atoms with Crippen LogP contribution in [0.3, 0.4) is 0 Å². The fraction of sp³-hybridized carbons (Fsp3) is 0.800. The van der Waals surface area contributed by atoms with Gasteiger partial charge in [0.1, 0.15) is 0 Å². The number of hydrogen-bond acceptors (Lipinski definition) is 4. The Morgan fingerprint density at radius 1 is 1.27 bits per heavy atom. The number of nitrogens with zero attached hydrogens (tertiary/aromatic N) is 4. The number of carbonyl (C=O) groups is 1. The van der Waals surface area contributed by atoms with Crippen molar-refractivity contribution in [1.29, 1.82) is 0 Å². The molecule has 1 aromatic rings. The van der Waals surface area contributed by atoms with E-state index in [1.54, 1.807) is 7.11 Å². The van der Waals surface area contributed by atoms with E-state index in [-0.39, 0.29) is 5.91 Å². The van der Waals surface area contributed by atoms with Gasteiger partial charge < -0.3 is 14.5 Å². The van der Waals surface area contributed by atoms with Crippen molar-refractivity contribution < 1.29 is 9.53 Å². The predicted molar refractivity (Wildman–Crippen MR) is 102 cm³/mol. The molecular formula is C20H34N4O2. The quantitative estimate of drug-likeness (QED) is 0.801. The van der Waals surface area contributed by atoms with Gasteiger partial charge in [0.25, 0.3) is 0 Å². The van der Waals surface area contributed by atoms with E-state index in [9.17, 15) is 4.79 Å². The van der Waals surface area contributed by atoms with Gasteiger partial charge in [-0.2, -0.15) is 5.10 Å². The molecule has 2 aliphatic heterocycles. The minimum absolute atomic E-state index is 0.289. The third-order valence-corrected chi connectivity index (χ3v) is 6.71. The largest absolute Gasteiger partial charge is 0.384 e. The van der Waals surface area contributed by atoms with Crippen molar-refractivity contribution in [3.8, 4) is 0 Å².